The van der Waals surface area contributed by atoms with Crippen molar-refractivity contribution >= 4 is 21.8 Å². The normalized spacial score (nSPS) is 34.2. The first kappa shape index (κ1) is 12.4. The molecule has 0 aliphatic heterocycles. The van der Waals surface area contributed by atoms with Crippen LogP contribution in [0, 0.1) is 17.8 Å². The zero-order chi connectivity index (χ0) is 11.4. The number of alkyl halides is 1. The quantitative estimate of drug-likeness (QED) is 0.794. The maximum atomic E-state index is 11.9. The fourth-order valence-corrected chi connectivity index (χ4v) is 3.62. The Morgan fingerprint density at radius 3 is 2.62 bits per heavy atom. The highest BCUT2D eigenvalue weighted by Gasteiger charge is 2.34. The Kier molecular flexibility index (Phi) is 4.68. The van der Waals surface area contributed by atoms with Crippen LogP contribution in [0.3, 0.4) is 0 Å². The molecule has 2 aliphatic rings. The van der Waals surface area contributed by atoms with Crippen molar-refractivity contribution in [2.75, 3.05) is 11.9 Å². The van der Waals surface area contributed by atoms with Crippen LogP contribution in [-0.2, 0) is 4.79 Å². The average molecular weight is 288 g/mol. The monoisotopic (exact) mass is 287 g/mol. The molecule has 2 aliphatic carbocycles. The lowest BCUT2D eigenvalue weighted by atomic mass is 9.67. The fourth-order valence-electron chi connectivity index (χ4n) is 3.43. The molecule has 2 fully saturated rings. The minimum Gasteiger partial charge on any atom is -0.355 e. The van der Waals surface area contributed by atoms with E-state index in [1.165, 1.54) is 32.1 Å². The molecule has 0 aromatic carbocycles. The van der Waals surface area contributed by atoms with Crippen LogP contribution >= 0.6 is 15.9 Å². The first-order chi connectivity index (χ1) is 7.81. The van der Waals surface area contributed by atoms with Crippen molar-refractivity contribution in [3.8, 4) is 0 Å². The molecular weight excluding hydrogens is 266 g/mol. The van der Waals surface area contributed by atoms with E-state index in [1.807, 2.05) is 0 Å². The molecule has 3 unspecified atom stereocenters. The molecule has 3 atom stereocenters. The highest BCUT2D eigenvalue weighted by atomic mass is 79.9. The molecule has 0 saturated heterocycles. The number of fused-ring (bicyclic) bond motifs is 1. The SMILES string of the molecule is O=C(NCCBr)C1CCC2CCCCC2C1. The van der Waals surface area contributed by atoms with Crippen molar-refractivity contribution in [2.45, 2.75) is 44.9 Å². The summed E-state index contributed by atoms with van der Waals surface area (Å²) in [4.78, 5) is 11.9. The number of nitrogens with one attached hydrogen (secondary N) is 1. The van der Waals surface area contributed by atoms with Crippen LogP contribution < -0.4 is 5.32 Å². The predicted octanol–water partition coefficient (Wildman–Crippen LogP) is 3.10. The molecule has 0 aromatic rings. The van der Waals surface area contributed by atoms with Gasteiger partial charge in [0, 0.05) is 17.8 Å². The largest absolute Gasteiger partial charge is 0.355 e. The van der Waals surface area contributed by atoms with Gasteiger partial charge in [0.2, 0.25) is 5.91 Å². The molecule has 2 saturated carbocycles. The van der Waals surface area contributed by atoms with Gasteiger partial charge in [-0.25, -0.2) is 0 Å². The van der Waals surface area contributed by atoms with E-state index in [9.17, 15) is 4.79 Å². The van der Waals surface area contributed by atoms with Crippen molar-refractivity contribution in [3.05, 3.63) is 0 Å². The Hall–Kier alpha value is -0.0500. The molecular formula is C13H22BrNO. The van der Waals surface area contributed by atoms with Crippen LogP contribution in [0.25, 0.3) is 0 Å². The van der Waals surface area contributed by atoms with Crippen molar-refractivity contribution in [2.24, 2.45) is 17.8 Å². The van der Waals surface area contributed by atoms with Gasteiger partial charge in [0.15, 0.2) is 0 Å². The van der Waals surface area contributed by atoms with E-state index in [0.29, 0.717) is 11.8 Å². The molecule has 92 valence electrons. The summed E-state index contributed by atoms with van der Waals surface area (Å²) in [5.74, 6) is 2.39. The van der Waals surface area contributed by atoms with Gasteiger partial charge >= 0.3 is 0 Å². The van der Waals surface area contributed by atoms with Crippen LogP contribution in [0.4, 0.5) is 0 Å². The van der Waals surface area contributed by atoms with Gasteiger partial charge in [0.25, 0.3) is 0 Å². The summed E-state index contributed by atoms with van der Waals surface area (Å²) in [7, 11) is 0. The number of hydrogen-bond acceptors (Lipinski definition) is 1. The highest BCUT2D eigenvalue weighted by Crippen LogP contribution is 2.42. The summed E-state index contributed by atoms with van der Waals surface area (Å²) in [5.41, 5.74) is 0. The highest BCUT2D eigenvalue weighted by molar-refractivity contribution is 9.09. The van der Waals surface area contributed by atoms with Gasteiger partial charge in [0.05, 0.1) is 0 Å². The average Bonchev–Trinajstić information content (AvgIpc) is 2.35. The standard InChI is InChI=1S/C13H22BrNO/c14-7-8-15-13(16)12-6-5-10-3-1-2-4-11(10)9-12/h10-12H,1-9H2,(H,15,16). The van der Waals surface area contributed by atoms with Crippen molar-refractivity contribution in [1.29, 1.82) is 0 Å². The van der Waals surface area contributed by atoms with Gasteiger partial charge in [-0.15, -0.1) is 0 Å². The molecule has 16 heavy (non-hydrogen) atoms. The maximum Gasteiger partial charge on any atom is 0.223 e. The summed E-state index contributed by atoms with van der Waals surface area (Å²) in [6, 6.07) is 0. The Morgan fingerprint density at radius 1 is 1.12 bits per heavy atom. The molecule has 1 N–H and O–H groups in total. The van der Waals surface area contributed by atoms with Gasteiger partial charge in [0.1, 0.15) is 0 Å². The third-order valence-corrected chi connectivity index (χ3v) is 4.70. The lowest BCUT2D eigenvalue weighted by Crippen LogP contribution is -2.37. The molecule has 3 heteroatoms. The zero-order valence-corrected chi connectivity index (χ0v) is 11.5. The topological polar surface area (TPSA) is 29.1 Å². The van der Waals surface area contributed by atoms with E-state index < -0.39 is 0 Å². The van der Waals surface area contributed by atoms with Crippen LogP contribution in [-0.4, -0.2) is 17.8 Å². The third kappa shape index (κ3) is 2.99. The lowest BCUT2D eigenvalue weighted by molar-refractivity contribution is -0.127. The van der Waals surface area contributed by atoms with Gasteiger partial charge in [-0.2, -0.15) is 0 Å². The summed E-state index contributed by atoms with van der Waals surface area (Å²) in [6.07, 6.45) is 9.15. The van der Waals surface area contributed by atoms with E-state index in [0.717, 1.165) is 36.6 Å². The summed E-state index contributed by atoms with van der Waals surface area (Å²) < 4.78 is 0. The van der Waals surface area contributed by atoms with Crippen molar-refractivity contribution < 1.29 is 4.79 Å². The smallest absolute Gasteiger partial charge is 0.223 e. The van der Waals surface area contributed by atoms with E-state index in [-0.39, 0.29) is 0 Å². The van der Waals surface area contributed by atoms with E-state index >= 15 is 0 Å². The number of hydrogen-bond donors (Lipinski definition) is 1. The second-order valence-corrected chi connectivity index (χ2v) is 6.09. The van der Waals surface area contributed by atoms with Crippen LogP contribution in [0.2, 0.25) is 0 Å². The first-order valence-electron chi connectivity index (χ1n) is 6.65. The maximum absolute atomic E-state index is 11.9. The molecule has 2 rings (SSSR count). The fraction of sp³-hybridized carbons (Fsp3) is 0.923. The van der Waals surface area contributed by atoms with Crippen LogP contribution in [0.5, 0.6) is 0 Å². The van der Waals surface area contributed by atoms with Gasteiger partial charge in [-0.1, -0.05) is 41.6 Å². The molecule has 0 heterocycles. The second kappa shape index (κ2) is 6.04. The zero-order valence-electron chi connectivity index (χ0n) is 9.88. The number of halogens is 1. The van der Waals surface area contributed by atoms with E-state index in [2.05, 4.69) is 21.2 Å². The second-order valence-electron chi connectivity index (χ2n) is 5.29. The Bertz CT molecular complexity index is 244. The predicted molar refractivity (Wildman–Crippen MR) is 69.6 cm³/mol. The Labute approximate surface area is 107 Å². The number of rotatable bonds is 3. The van der Waals surface area contributed by atoms with Crippen molar-refractivity contribution in [3.63, 3.8) is 0 Å². The Balaban J connectivity index is 1.82. The first-order valence-corrected chi connectivity index (χ1v) is 7.77. The number of carbonyl (C=O) groups is 1. The Morgan fingerprint density at radius 2 is 1.88 bits per heavy atom. The van der Waals surface area contributed by atoms with Gasteiger partial charge < -0.3 is 5.32 Å². The molecule has 0 aromatic heterocycles. The lowest BCUT2D eigenvalue weighted by Gasteiger charge is -2.38. The molecule has 1 amide bonds. The number of carbonyl (C=O) groups excluding carboxylic acids is 1. The molecule has 0 radical (unpaired) electrons. The van der Waals surface area contributed by atoms with E-state index in [1.54, 1.807) is 0 Å². The van der Waals surface area contributed by atoms with Crippen molar-refractivity contribution in [1.82, 2.24) is 5.32 Å². The third-order valence-electron chi connectivity index (χ3n) is 4.30. The molecule has 0 bridgehead atoms. The van der Waals surface area contributed by atoms with Crippen LogP contribution in [0.1, 0.15) is 44.9 Å². The molecule has 0 spiro atoms. The van der Waals surface area contributed by atoms with E-state index in [4.69, 9.17) is 0 Å². The molecule has 2 nitrogen and oxygen atoms in total. The summed E-state index contributed by atoms with van der Waals surface area (Å²) in [5, 5.41) is 3.87. The van der Waals surface area contributed by atoms with Gasteiger partial charge in [-0.05, 0) is 31.1 Å². The summed E-state index contributed by atoms with van der Waals surface area (Å²) in [6.45, 7) is 0.767. The minimum absolute atomic E-state index is 0.295. The number of amides is 1. The van der Waals surface area contributed by atoms with Gasteiger partial charge in [-0.3, -0.25) is 4.79 Å². The minimum atomic E-state index is 0.295. The summed E-state index contributed by atoms with van der Waals surface area (Å²) >= 11 is 3.34. The van der Waals surface area contributed by atoms with Crippen LogP contribution in [0.15, 0.2) is 0 Å².